The number of benzene rings is 3. The molecule has 0 aliphatic carbocycles. The molecule has 0 saturated heterocycles. The normalized spacial score (nSPS) is 12.3. The van der Waals surface area contributed by atoms with Crippen molar-refractivity contribution in [3.63, 3.8) is 0 Å². The molecule has 3 nitrogen and oxygen atoms in total. The summed E-state index contributed by atoms with van der Waals surface area (Å²) < 4.78 is 8.98. The summed E-state index contributed by atoms with van der Waals surface area (Å²) >= 11 is 0. The van der Waals surface area contributed by atoms with E-state index in [4.69, 9.17) is 4.42 Å². The largest absolute Gasteiger partial charge is 0.456 e. The summed E-state index contributed by atoms with van der Waals surface area (Å²) in [6.07, 6.45) is 19.5. The van der Waals surface area contributed by atoms with Crippen molar-refractivity contribution in [2.75, 3.05) is 0 Å². The van der Waals surface area contributed by atoms with Gasteiger partial charge < -0.3 is 9.40 Å². The minimum atomic E-state index is 0.954. The number of unbranched alkanes of at least 4 members (excludes halogenated alkanes) is 13. The Morgan fingerprint density at radius 2 is 1.11 bits per heavy atom. The molecule has 0 radical (unpaired) electrons. The lowest BCUT2D eigenvalue weighted by molar-refractivity contribution is -0.645. The number of aryl methyl sites for hydroxylation is 1. The molecule has 1 aromatic heterocycles. The summed E-state index contributed by atoms with van der Waals surface area (Å²) in [4.78, 5) is 3.69. The molecule has 3 aromatic carbocycles. The van der Waals surface area contributed by atoms with Gasteiger partial charge in [-0.1, -0.05) is 102 Å². The summed E-state index contributed by atoms with van der Waals surface area (Å²) in [6, 6.07) is 19.6. The van der Waals surface area contributed by atoms with Crippen LogP contribution in [0.1, 0.15) is 96.8 Å². The maximum absolute atomic E-state index is 6.44. The van der Waals surface area contributed by atoms with Crippen LogP contribution in [0.3, 0.4) is 0 Å². The third kappa shape index (κ3) is 4.88. The highest BCUT2D eigenvalue weighted by molar-refractivity contribution is 6.23. The van der Waals surface area contributed by atoms with Gasteiger partial charge in [0, 0.05) is 29.7 Å². The van der Waals surface area contributed by atoms with Crippen molar-refractivity contribution in [3.05, 3.63) is 54.6 Å². The van der Waals surface area contributed by atoms with Crippen molar-refractivity contribution in [3.8, 4) is 11.1 Å². The summed E-state index contributed by atoms with van der Waals surface area (Å²) in [7, 11) is 0. The lowest BCUT2D eigenvalue weighted by atomic mass is 9.91. The van der Waals surface area contributed by atoms with Crippen LogP contribution >= 0.6 is 0 Å². The van der Waals surface area contributed by atoms with E-state index in [2.05, 4.69) is 71.1 Å². The first kappa shape index (κ1) is 25.2. The molecular formula is C35H43N2O+. The van der Waals surface area contributed by atoms with Crippen LogP contribution in [0.4, 0.5) is 0 Å². The summed E-state index contributed by atoms with van der Waals surface area (Å²) in [5.74, 6) is 0. The predicted octanol–water partition coefficient (Wildman–Crippen LogP) is 10.5. The zero-order valence-electron chi connectivity index (χ0n) is 23.2. The second kappa shape index (κ2) is 11.8. The fourth-order valence-corrected chi connectivity index (χ4v) is 6.66. The molecule has 1 N–H and O–H groups in total. The van der Waals surface area contributed by atoms with Gasteiger partial charge in [0.1, 0.15) is 17.7 Å². The fourth-order valence-electron chi connectivity index (χ4n) is 6.66. The smallest absolute Gasteiger partial charge is 0.217 e. The Bertz CT molecular complexity index is 1480. The van der Waals surface area contributed by atoms with Crippen LogP contribution in [0, 0.1) is 0 Å². The van der Waals surface area contributed by atoms with E-state index in [1.54, 1.807) is 0 Å². The van der Waals surface area contributed by atoms with E-state index in [0.29, 0.717) is 0 Å². The van der Waals surface area contributed by atoms with Crippen LogP contribution in [-0.2, 0) is 6.54 Å². The number of aromatic nitrogens is 2. The van der Waals surface area contributed by atoms with Gasteiger partial charge in [0.15, 0.2) is 0 Å². The number of aromatic amines is 1. The lowest BCUT2D eigenvalue weighted by Crippen LogP contribution is -2.36. The van der Waals surface area contributed by atoms with Crippen molar-refractivity contribution < 1.29 is 8.98 Å². The first-order valence-electron chi connectivity index (χ1n) is 15.4. The molecule has 0 spiro atoms. The van der Waals surface area contributed by atoms with Gasteiger partial charge in [-0.3, -0.25) is 0 Å². The zero-order valence-corrected chi connectivity index (χ0v) is 23.2. The zero-order chi connectivity index (χ0) is 25.7. The Balaban J connectivity index is 1.11. The number of hydrogen-bond donors (Lipinski definition) is 1. The second-order valence-corrected chi connectivity index (χ2v) is 11.4. The monoisotopic (exact) mass is 507 g/mol. The maximum atomic E-state index is 6.44. The highest BCUT2D eigenvalue weighted by atomic mass is 16.3. The van der Waals surface area contributed by atoms with Gasteiger partial charge in [0.2, 0.25) is 11.0 Å². The van der Waals surface area contributed by atoms with E-state index in [-0.39, 0.29) is 0 Å². The van der Waals surface area contributed by atoms with Gasteiger partial charge in [0.25, 0.3) is 0 Å². The molecule has 0 atom stereocenters. The van der Waals surface area contributed by atoms with E-state index in [0.717, 1.165) is 23.2 Å². The molecule has 0 bridgehead atoms. The number of H-pyrrole nitrogens is 1. The fraction of sp³-hybridized carbons (Fsp3) is 0.457. The average Bonchev–Trinajstić information content (AvgIpc) is 2.94. The first-order chi connectivity index (χ1) is 18.9. The molecule has 2 aliphatic heterocycles. The van der Waals surface area contributed by atoms with Gasteiger partial charge >= 0.3 is 0 Å². The molecule has 2 aliphatic rings. The topological polar surface area (TPSA) is 32.8 Å². The molecule has 0 amide bonds. The number of rotatable bonds is 15. The van der Waals surface area contributed by atoms with Crippen molar-refractivity contribution in [1.82, 2.24) is 4.98 Å². The quantitative estimate of drug-likeness (QED) is 0.0637. The van der Waals surface area contributed by atoms with Gasteiger partial charge in [-0.2, -0.15) is 4.57 Å². The van der Waals surface area contributed by atoms with Crippen LogP contribution in [0.25, 0.3) is 55.1 Å². The Hall–Kier alpha value is -3.07. The van der Waals surface area contributed by atoms with E-state index >= 15 is 0 Å². The van der Waals surface area contributed by atoms with Crippen LogP contribution < -0.4 is 4.57 Å². The third-order valence-corrected chi connectivity index (χ3v) is 8.63. The number of pyridine rings is 2. The molecule has 3 heteroatoms. The summed E-state index contributed by atoms with van der Waals surface area (Å²) in [5.41, 5.74) is 9.45. The Morgan fingerprint density at radius 3 is 1.82 bits per heavy atom. The Labute approximate surface area is 226 Å². The van der Waals surface area contributed by atoms with Crippen molar-refractivity contribution in [2.24, 2.45) is 0 Å². The predicted molar refractivity (Wildman–Crippen MR) is 161 cm³/mol. The van der Waals surface area contributed by atoms with Crippen molar-refractivity contribution >= 4 is 44.0 Å². The molecule has 0 unspecified atom stereocenters. The number of nitrogens with zero attached hydrogens (tertiary/aromatic N) is 1. The van der Waals surface area contributed by atoms with E-state index in [9.17, 15) is 0 Å². The standard InChI is InChI=1S/C35H42N2O/c1-2-3-4-5-6-7-8-9-10-11-12-13-14-15-25-37-28-21-16-19-26-32(28)35-33-27(36-26)20-17-23-30(33)38-31-24-18-22-29(37)34(31)35/h16-24H,2-15,25H2,1H3/p+1. The number of nitrogens with one attached hydrogen (secondary N) is 1. The van der Waals surface area contributed by atoms with Gasteiger partial charge in [-0.05, 0) is 30.7 Å². The molecule has 198 valence electrons. The minimum absolute atomic E-state index is 0.954. The van der Waals surface area contributed by atoms with Crippen LogP contribution in [-0.4, -0.2) is 4.98 Å². The molecule has 6 rings (SSSR count). The average molecular weight is 508 g/mol. The van der Waals surface area contributed by atoms with E-state index < -0.39 is 0 Å². The number of hydrogen-bond acceptors (Lipinski definition) is 1. The van der Waals surface area contributed by atoms with Crippen molar-refractivity contribution in [2.45, 2.75) is 103 Å². The molecule has 4 aromatic rings. The second-order valence-electron chi connectivity index (χ2n) is 11.4. The van der Waals surface area contributed by atoms with E-state index in [1.807, 2.05) is 0 Å². The SMILES string of the molecule is CCCCCCCCCCCCCCCC[n+]1c2cccc3[nH]c4cccc5oc6cccc1c6c(c32)-c45. The van der Waals surface area contributed by atoms with E-state index in [1.165, 1.54) is 128 Å². The van der Waals surface area contributed by atoms with Crippen LogP contribution in [0.2, 0.25) is 0 Å². The molecule has 3 heterocycles. The van der Waals surface area contributed by atoms with Gasteiger partial charge in [0.05, 0.1) is 21.8 Å². The molecule has 38 heavy (non-hydrogen) atoms. The molecule has 0 fully saturated rings. The maximum Gasteiger partial charge on any atom is 0.217 e. The highest BCUT2D eigenvalue weighted by Gasteiger charge is 2.29. The Morgan fingerprint density at radius 1 is 0.553 bits per heavy atom. The van der Waals surface area contributed by atoms with Crippen LogP contribution in [0.15, 0.2) is 59.0 Å². The lowest BCUT2D eigenvalue weighted by Gasteiger charge is -2.19. The first-order valence-corrected chi connectivity index (χ1v) is 15.4. The van der Waals surface area contributed by atoms with Gasteiger partial charge in [-0.25, -0.2) is 0 Å². The third-order valence-electron chi connectivity index (χ3n) is 8.63. The van der Waals surface area contributed by atoms with Crippen molar-refractivity contribution in [1.29, 1.82) is 0 Å². The molecule has 0 saturated carbocycles. The van der Waals surface area contributed by atoms with Crippen LogP contribution in [0.5, 0.6) is 0 Å². The molecular weight excluding hydrogens is 464 g/mol. The van der Waals surface area contributed by atoms with Gasteiger partial charge in [-0.15, -0.1) is 0 Å². The summed E-state index contributed by atoms with van der Waals surface area (Å²) in [6.45, 7) is 3.34. The minimum Gasteiger partial charge on any atom is -0.456 e. The highest BCUT2D eigenvalue weighted by Crippen LogP contribution is 2.45. The summed E-state index contributed by atoms with van der Waals surface area (Å²) in [5, 5.41) is 2.60. The Kier molecular flexibility index (Phi) is 7.81.